The summed E-state index contributed by atoms with van der Waals surface area (Å²) in [6, 6.07) is 0. The number of amides is 1. The fourth-order valence-electron chi connectivity index (χ4n) is 1.64. The first-order valence-corrected chi connectivity index (χ1v) is 5.74. The standard InChI is InChI=1S/C10H19N5O2/c1-2-3-7(4-5-16)6-12-9(17)8-13-10(11)15-14-8/h7,16H,2-6H2,1H3,(H,12,17)(H3,11,13,14,15). The van der Waals surface area contributed by atoms with Crippen LogP contribution in [0.2, 0.25) is 0 Å². The number of anilines is 1. The second-order valence-electron chi connectivity index (χ2n) is 3.92. The van der Waals surface area contributed by atoms with Gasteiger partial charge in [0.05, 0.1) is 0 Å². The van der Waals surface area contributed by atoms with E-state index in [0.717, 1.165) is 12.8 Å². The molecule has 1 rings (SSSR count). The quantitative estimate of drug-likeness (QED) is 0.532. The van der Waals surface area contributed by atoms with Crippen LogP contribution < -0.4 is 11.1 Å². The third-order valence-electron chi connectivity index (χ3n) is 2.50. The predicted octanol–water partition coefficient (Wildman–Crippen LogP) is -0.0846. The number of aliphatic hydroxyl groups excluding tert-OH is 1. The third-order valence-corrected chi connectivity index (χ3v) is 2.50. The molecule has 1 amide bonds. The number of H-pyrrole nitrogens is 1. The second kappa shape index (κ2) is 6.85. The Hall–Kier alpha value is -1.63. The van der Waals surface area contributed by atoms with Gasteiger partial charge in [0, 0.05) is 13.2 Å². The molecule has 1 unspecified atom stereocenters. The zero-order valence-corrected chi connectivity index (χ0v) is 9.94. The summed E-state index contributed by atoms with van der Waals surface area (Å²) in [5.74, 6) is 0.125. The van der Waals surface area contributed by atoms with E-state index in [1.54, 1.807) is 0 Å². The number of carbonyl (C=O) groups is 1. The zero-order chi connectivity index (χ0) is 12.7. The molecule has 96 valence electrons. The molecule has 0 saturated heterocycles. The smallest absolute Gasteiger partial charge is 0.288 e. The highest BCUT2D eigenvalue weighted by atomic mass is 16.3. The molecule has 0 aromatic carbocycles. The van der Waals surface area contributed by atoms with Crippen molar-refractivity contribution in [1.29, 1.82) is 0 Å². The van der Waals surface area contributed by atoms with E-state index in [9.17, 15) is 4.79 Å². The molecule has 1 aromatic rings. The number of nitrogens with one attached hydrogen (secondary N) is 2. The summed E-state index contributed by atoms with van der Waals surface area (Å²) >= 11 is 0. The van der Waals surface area contributed by atoms with E-state index in [-0.39, 0.29) is 30.2 Å². The van der Waals surface area contributed by atoms with Crippen molar-refractivity contribution in [3.8, 4) is 0 Å². The summed E-state index contributed by atoms with van der Waals surface area (Å²) in [6.45, 7) is 2.73. The minimum Gasteiger partial charge on any atom is -0.396 e. The first-order chi connectivity index (χ1) is 8.17. The Labute approximate surface area is 99.8 Å². The van der Waals surface area contributed by atoms with Crippen LogP contribution in [0.15, 0.2) is 0 Å². The fourth-order valence-corrected chi connectivity index (χ4v) is 1.64. The van der Waals surface area contributed by atoms with Gasteiger partial charge in [-0.15, -0.1) is 5.10 Å². The van der Waals surface area contributed by atoms with E-state index in [2.05, 4.69) is 27.4 Å². The summed E-state index contributed by atoms with van der Waals surface area (Å²) in [5.41, 5.74) is 5.30. The summed E-state index contributed by atoms with van der Waals surface area (Å²) in [4.78, 5) is 15.3. The maximum Gasteiger partial charge on any atom is 0.288 e. The van der Waals surface area contributed by atoms with E-state index >= 15 is 0 Å². The molecule has 7 nitrogen and oxygen atoms in total. The summed E-state index contributed by atoms with van der Waals surface area (Å²) in [7, 11) is 0. The Balaban J connectivity index is 2.40. The summed E-state index contributed by atoms with van der Waals surface area (Å²) < 4.78 is 0. The molecule has 0 fully saturated rings. The highest BCUT2D eigenvalue weighted by molar-refractivity contribution is 5.90. The average molecular weight is 241 g/mol. The fraction of sp³-hybridized carbons (Fsp3) is 0.700. The molecule has 0 aliphatic carbocycles. The number of rotatable bonds is 7. The van der Waals surface area contributed by atoms with Gasteiger partial charge in [0.15, 0.2) is 0 Å². The minimum absolute atomic E-state index is 0.0515. The minimum atomic E-state index is -0.326. The molecule has 0 bridgehead atoms. The van der Waals surface area contributed by atoms with Gasteiger partial charge in [0.1, 0.15) is 0 Å². The molecule has 7 heteroatoms. The largest absolute Gasteiger partial charge is 0.396 e. The normalized spacial score (nSPS) is 12.4. The predicted molar refractivity (Wildman–Crippen MR) is 63.2 cm³/mol. The topological polar surface area (TPSA) is 117 Å². The van der Waals surface area contributed by atoms with Gasteiger partial charge in [-0.25, -0.2) is 0 Å². The number of aromatic nitrogens is 3. The molecule has 0 radical (unpaired) electrons. The van der Waals surface area contributed by atoms with Gasteiger partial charge < -0.3 is 16.2 Å². The Morgan fingerprint density at radius 1 is 1.59 bits per heavy atom. The lowest BCUT2D eigenvalue weighted by atomic mass is 10.0. The van der Waals surface area contributed by atoms with Gasteiger partial charge in [-0.05, 0) is 18.8 Å². The number of hydrogen-bond donors (Lipinski definition) is 4. The lowest BCUT2D eigenvalue weighted by Crippen LogP contribution is -2.30. The average Bonchev–Trinajstić information content (AvgIpc) is 2.73. The number of aromatic amines is 1. The molecule has 1 atom stereocenters. The van der Waals surface area contributed by atoms with Crippen LogP contribution in [-0.4, -0.2) is 39.3 Å². The van der Waals surface area contributed by atoms with Crippen LogP contribution in [-0.2, 0) is 0 Å². The highest BCUT2D eigenvalue weighted by Gasteiger charge is 2.13. The van der Waals surface area contributed by atoms with Crippen LogP contribution in [0.3, 0.4) is 0 Å². The van der Waals surface area contributed by atoms with Gasteiger partial charge >= 0.3 is 0 Å². The second-order valence-corrected chi connectivity index (χ2v) is 3.92. The molecule has 1 heterocycles. The number of hydrogen-bond acceptors (Lipinski definition) is 5. The number of carbonyl (C=O) groups excluding carboxylic acids is 1. The maximum atomic E-state index is 11.6. The van der Waals surface area contributed by atoms with Crippen molar-refractivity contribution in [2.24, 2.45) is 5.92 Å². The first-order valence-electron chi connectivity index (χ1n) is 5.74. The van der Waals surface area contributed by atoms with Crippen molar-refractivity contribution in [3.63, 3.8) is 0 Å². The SMILES string of the molecule is CCCC(CCO)CNC(=O)c1nc(N)n[nH]1. The van der Waals surface area contributed by atoms with Crippen LogP contribution in [0.1, 0.15) is 36.8 Å². The van der Waals surface area contributed by atoms with Crippen LogP contribution in [0, 0.1) is 5.92 Å². The maximum absolute atomic E-state index is 11.6. The highest BCUT2D eigenvalue weighted by Crippen LogP contribution is 2.09. The van der Waals surface area contributed by atoms with Gasteiger partial charge in [-0.2, -0.15) is 4.98 Å². The Bertz CT molecular complexity index is 346. The van der Waals surface area contributed by atoms with Crippen LogP contribution in [0.4, 0.5) is 5.95 Å². The third kappa shape index (κ3) is 4.39. The monoisotopic (exact) mass is 241 g/mol. The lowest BCUT2D eigenvalue weighted by molar-refractivity contribution is 0.0933. The van der Waals surface area contributed by atoms with E-state index in [4.69, 9.17) is 10.8 Å². The van der Waals surface area contributed by atoms with E-state index < -0.39 is 0 Å². The van der Waals surface area contributed by atoms with Crippen molar-refractivity contribution in [2.75, 3.05) is 18.9 Å². The molecule has 0 saturated carbocycles. The van der Waals surface area contributed by atoms with E-state index in [1.807, 2.05) is 0 Å². The molecular weight excluding hydrogens is 222 g/mol. The van der Waals surface area contributed by atoms with E-state index in [1.165, 1.54) is 0 Å². The van der Waals surface area contributed by atoms with Crippen molar-refractivity contribution in [1.82, 2.24) is 20.5 Å². The van der Waals surface area contributed by atoms with Crippen molar-refractivity contribution < 1.29 is 9.90 Å². The molecular formula is C10H19N5O2. The Morgan fingerprint density at radius 3 is 2.88 bits per heavy atom. The number of aliphatic hydroxyl groups is 1. The zero-order valence-electron chi connectivity index (χ0n) is 9.94. The number of nitrogens with zero attached hydrogens (tertiary/aromatic N) is 2. The lowest BCUT2D eigenvalue weighted by Gasteiger charge is -2.14. The van der Waals surface area contributed by atoms with Gasteiger partial charge in [-0.1, -0.05) is 13.3 Å². The molecule has 5 N–H and O–H groups in total. The Kier molecular flexibility index (Phi) is 5.41. The first kappa shape index (κ1) is 13.4. The van der Waals surface area contributed by atoms with Gasteiger partial charge in [0.25, 0.3) is 5.91 Å². The van der Waals surface area contributed by atoms with Crippen molar-refractivity contribution in [2.45, 2.75) is 26.2 Å². The van der Waals surface area contributed by atoms with Gasteiger partial charge in [0.2, 0.25) is 11.8 Å². The van der Waals surface area contributed by atoms with Crippen LogP contribution in [0.5, 0.6) is 0 Å². The summed E-state index contributed by atoms with van der Waals surface area (Å²) in [5, 5.41) is 17.7. The van der Waals surface area contributed by atoms with Crippen molar-refractivity contribution in [3.05, 3.63) is 5.82 Å². The molecule has 1 aromatic heterocycles. The summed E-state index contributed by atoms with van der Waals surface area (Å²) in [6.07, 6.45) is 2.68. The van der Waals surface area contributed by atoms with Crippen LogP contribution in [0.25, 0.3) is 0 Å². The molecule has 17 heavy (non-hydrogen) atoms. The van der Waals surface area contributed by atoms with Crippen LogP contribution >= 0.6 is 0 Å². The molecule has 0 spiro atoms. The van der Waals surface area contributed by atoms with Gasteiger partial charge in [-0.3, -0.25) is 9.89 Å². The molecule has 0 aliphatic rings. The number of nitrogen functional groups attached to an aromatic ring is 1. The molecule has 0 aliphatic heterocycles. The number of nitrogens with two attached hydrogens (primary N) is 1. The Morgan fingerprint density at radius 2 is 2.35 bits per heavy atom. The van der Waals surface area contributed by atoms with Crippen molar-refractivity contribution >= 4 is 11.9 Å². The van der Waals surface area contributed by atoms with E-state index in [0.29, 0.717) is 13.0 Å².